The molecule has 1 aromatic heterocycles. The van der Waals surface area contributed by atoms with Crippen LogP contribution in [-0.2, 0) is 13.0 Å². The second-order valence-electron chi connectivity index (χ2n) is 6.15. The van der Waals surface area contributed by atoms with E-state index < -0.39 is 0 Å². The third-order valence-electron chi connectivity index (χ3n) is 4.41. The van der Waals surface area contributed by atoms with E-state index in [1.165, 1.54) is 0 Å². The summed E-state index contributed by atoms with van der Waals surface area (Å²) in [4.78, 5) is 4.70. The van der Waals surface area contributed by atoms with Crippen LogP contribution in [0.3, 0.4) is 0 Å². The number of rotatable bonds is 5. The van der Waals surface area contributed by atoms with E-state index >= 15 is 0 Å². The summed E-state index contributed by atoms with van der Waals surface area (Å²) in [5, 5.41) is 15.0. The van der Waals surface area contributed by atoms with E-state index in [1.807, 2.05) is 11.6 Å². The third-order valence-corrected chi connectivity index (χ3v) is 5.44. The lowest BCUT2D eigenvalue weighted by Gasteiger charge is -2.38. The SMILES string of the molecule is CCn1nc(C)c(Br)c1CC(O)CC1CN(C)CCN1C. The summed E-state index contributed by atoms with van der Waals surface area (Å²) in [5.41, 5.74) is 2.10. The van der Waals surface area contributed by atoms with Crippen LogP contribution in [0.2, 0.25) is 0 Å². The molecule has 1 aliphatic heterocycles. The minimum absolute atomic E-state index is 0.332. The number of aromatic nitrogens is 2. The Morgan fingerprint density at radius 1 is 1.38 bits per heavy atom. The Morgan fingerprint density at radius 2 is 2.10 bits per heavy atom. The standard InChI is InChI=1S/C15H27BrN4O/c1-5-20-14(15(16)11(2)17-20)9-13(21)8-12-10-18(3)6-7-19(12)4/h12-13,21H,5-10H2,1-4H3. The van der Waals surface area contributed by atoms with E-state index in [4.69, 9.17) is 0 Å². The molecule has 0 spiro atoms. The fraction of sp³-hybridized carbons (Fsp3) is 0.800. The maximum atomic E-state index is 10.5. The van der Waals surface area contributed by atoms with Crippen LogP contribution in [0.15, 0.2) is 4.47 Å². The van der Waals surface area contributed by atoms with Crippen molar-refractivity contribution in [1.29, 1.82) is 0 Å². The average Bonchev–Trinajstić information content (AvgIpc) is 2.70. The molecule has 0 bridgehead atoms. The molecule has 120 valence electrons. The number of halogens is 1. The zero-order valence-electron chi connectivity index (χ0n) is 13.5. The first-order chi connectivity index (χ1) is 9.92. The van der Waals surface area contributed by atoms with Gasteiger partial charge in [0, 0.05) is 38.6 Å². The molecule has 1 aliphatic rings. The molecule has 1 fully saturated rings. The van der Waals surface area contributed by atoms with Crippen LogP contribution in [0.4, 0.5) is 0 Å². The highest BCUT2D eigenvalue weighted by Crippen LogP contribution is 2.24. The summed E-state index contributed by atoms with van der Waals surface area (Å²) in [6.07, 6.45) is 1.13. The van der Waals surface area contributed by atoms with Gasteiger partial charge in [-0.05, 0) is 50.3 Å². The third kappa shape index (κ3) is 4.06. The van der Waals surface area contributed by atoms with E-state index in [-0.39, 0.29) is 6.10 Å². The Hall–Kier alpha value is -0.430. The molecule has 2 atom stereocenters. The van der Waals surface area contributed by atoms with E-state index in [0.29, 0.717) is 12.5 Å². The highest BCUT2D eigenvalue weighted by atomic mass is 79.9. The molecule has 0 radical (unpaired) electrons. The predicted octanol–water partition coefficient (Wildman–Crippen LogP) is 1.51. The van der Waals surface area contributed by atoms with Crippen LogP contribution < -0.4 is 0 Å². The van der Waals surface area contributed by atoms with Crippen LogP contribution in [0, 0.1) is 6.92 Å². The van der Waals surface area contributed by atoms with Crippen LogP contribution in [0.25, 0.3) is 0 Å². The number of hydrogen-bond donors (Lipinski definition) is 1. The molecule has 1 N–H and O–H groups in total. The van der Waals surface area contributed by atoms with Crippen molar-refractivity contribution in [1.82, 2.24) is 19.6 Å². The Balaban J connectivity index is 2.00. The van der Waals surface area contributed by atoms with Gasteiger partial charge in [-0.1, -0.05) is 0 Å². The second kappa shape index (κ2) is 7.22. The summed E-state index contributed by atoms with van der Waals surface area (Å²) in [5.74, 6) is 0. The van der Waals surface area contributed by atoms with Crippen LogP contribution >= 0.6 is 15.9 Å². The number of nitrogens with zero attached hydrogens (tertiary/aromatic N) is 4. The number of aliphatic hydroxyl groups is 1. The highest BCUT2D eigenvalue weighted by molar-refractivity contribution is 9.10. The summed E-state index contributed by atoms with van der Waals surface area (Å²) in [6.45, 7) is 8.12. The molecule has 0 amide bonds. The number of hydrogen-bond acceptors (Lipinski definition) is 4. The molecule has 2 rings (SSSR count). The van der Waals surface area contributed by atoms with Gasteiger partial charge in [0.2, 0.25) is 0 Å². The monoisotopic (exact) mass is 358 g/mol. The maximum absolute atomic E-state index is 10.5. The van der Waals surface area contributed by atoms with Crippen LogP contribution in [-0.4, -0.2) is 70.6 Å². The molecular weight excluding hydrogens is 332 g/mol. The zero-order valence-corrected chi connectivity index (χ0v) is 15.1. The second-order valence-corrected chi connectivity index (χ2v) is 6.95. The quantitative estimate of drug-likeness (QED) is 0.866. The first kappa shape index (κ1) is 16.9. The number of aryl methyl sites for hydroxylation is 2. The smallest absolute Gasteiger partial charge is 0.0738 e. The molecule has 6 heteroatoms. The number of aliphatic hydroxyl groups excluding tert-OH is 1. The molecule has 1 saturated heterocycles. The predicted molar refractivity (Wildman–Crippen MR) is 88.6 cm³/mol. The lowest BCUT2D eigenvalue weighted by Crippen LogP contribution is -2.51. The Kier molecular flexibility index (Phi) is 5.82. The van der Waals surface area contributed by atoms with E-state index in [0.717, 1.165) is 48.5 Å². The van der Waals surface area contributed by atoms with Crippen molar-refractivity contribution < 1.29 is 5.11 Å². The Bertz CT molecular complexity index is 476. The largest absolute Gasteiger partial charge is 0.393 e. The zero-order chi connectivity index (χ0) is 15.6. The van der Waals surface area contributed by atoms with Crippen molar-refractivity contribution in [3.05, 3.63) is 15.9 Å². The maximum Gasteiger partial charge on any atom is 0.0738 e. The highest BCUT2D eigenvalue weighted by Gasteiger charge is 2.25. The Labute approximate surface area is 136 Å². The summed E-state index contributed by atoms with van der Waals surface area (Å²) < 4.78 is 3.02. The molecule has 2 unspecified atom stereocenters. The van der Waals surface area contributed by atoms with Crippen molar-refractivity contribution in [3.63, 3.8) is 0 Å². The van der Waals surface area contributed by atoms with Crippen LogP contribution in [0.5, 0.6) is 0 Å². The minimum atomic E-state index is -0.332. The van der Waals surface area contributed by atoms with E-state index in [9.17, 15) is 5.11 Å². The summed E-state index contributed by atoms with van der Waals surface area (Å²) in [6, 6.07) is 0.427. The molecule has 21 heavy (non-hydrogen) atoms. The van der Waals surface area contributed by atoms with Gasteiger partial charge in [-0.3, -0.25) is 4.68 Å². The number of likely N-dealkylation sites (N-methyl/N-ethyl adjacent to an activating group) is 2. The van der Waals surface area contributed by atoms with Crippen molar-refractivity contribution in [2.75, 3.05) is 33.7 Å². The first-order valence-corrected chi connectivity index (χ1v) is 8.50. The van der Waals surface area contributed by atoms with Gasteiger partial charge < -0.3 is 14.9 Å². The van der Waals surface area contributed by atoms with Gasteiger partial charge in [0.1, 0.15) is 0 Å². The van der Waals surface area contributed by atoms with Gasteiger partial charge in [-0.25, -0.2) is 0 Å². The average molecular weight is 359 g/mol. The fourth-order valence-electron chi connectivity index (χ4n) is 3.04. The van der Waals surface area contributed by atoms with Gasteiger partial charge in [0.15, 0.2) is 0 Å². The van der Waals surface area contributed by atoms with Gasteiger partial charge in [-0.15, -0.1) is 0 Å². The topological polar surface area (TPSA) is 44.5 Å². The summed E-state index contributed by atoms with van der Waals surface area (Å²) >= 11 is 3.60. The lowest BCUT2D eigenvalue weighted by molar-refractivity contribution is 0.0631. The number of piperazine rings is 1. The molecular formula is C15H27BrN4O. The lowest BCUT2D eigenvalue weighted by atomic mass is 10.0. The van der Waals surface area contributed by atoms with Crippen LogP contribution in [0.1, 0.15) is 24.7 Å². The van der Waals surface area contributed by atoms with Crippen molar-refractivity contribution >= 4 is 15.9 Å². The van der Waals surface area contributed by atoms with Crippen molar-refractivity contribution in [2.45, 2.75) is 45.4 Å². The molecule has 0 saturated carbocycles. The molecule has 0 aliphatic carbocycles. The van der Waals surface area contributed by atoms with Gasteiger partial charge in [0.25, 0.3) is 0 Å². The van der Waals surface area contributed by atoms with E-state index in [2.05, 4.69) is 51.8 Å². The summed E-state index contributed by atoms with van der Waals surface area (Å²) in [7, 11) is 4.30. The Morgan fingerprint density at radius 3 is 2.76 bits per heavy atom. The van der Waals surface area contributed by atoms with Crippen molar-refractivity contribution in [3.8, 4) is 0 Å². The van der Waals surface area contributed by atoms with Gasteiger partial charge in [-0.2, -0.15) is 5.10 Å². The van der Waals surface area contributed by atoms with Crippen molar-refractivity contribution in [2.24, 2.45) is 0 Å². The molecule has 5 nitrogen and oxygen atoms in total. The van der Waals surface area contributed by atoms with E-state index in [1.54, 1.807) is 0 Å². The fourth-order valence-corrected chi connectivity index (χ4v) is 3.49. The van der Waals surface area contributed by atoms with Gasteiger partial charge >= 0.3 is 0 Å². The normalized spacial score (nSPS) is 22.7. The molecule has 2 heterocycles. The first-order valence-electron chi connectivity index (χ1n) is 7.71. The van der Waals surface area contributed by atoms with Gasteiger partial charge in [0.05, 0.1) is 22.0 Å². The molecule has 0 aromatic carbocycles. The molecule has 1 aromatic rings. The minimum Gasteiger partial charge on any atom is -0.393 e.